The van der Waals surface area contributed by atoms with Crippen molar-refractivity contribution in [1.82, 2.24) is 10.3 Å². The molecule has 110 valence electrons. The van der Waals surface area contributed by atoms with Gasteiger partial charge in [-0.3, -0.25) is 4.79 Å². The molecule has 0 spiro atoms. The summed E-state index contributed by atoms with van der Waals surface area (Å²) in [6.07, 6.45) is -1.79. The zero-order chi connectivity index (χ0) is 14.8. The van der Waals surface area contributed by atoms with Crippen LogP contribution in [0.2, 0.25) is 0 Å². The van der Waals surface area contributed by atoms with E-state index in [4.69, 9.17) is 0 Å². The number of rotatable bonds is 2. The van der Waals surface area contributed by atoms with Crippen molar-refractivity contribution in [3.8, 4) is 0 Å². The molecule has 1 fully saturated rings. The van der Waals surface area contributed by atoms with Gasteiger partial charge in [0.05, 0.1) is 17.3 Å². The number of anilines is 1. The van der Waals surface area contributed by atoms with E-state index in [1.165, 1.54) is 6.07 Å². The monoisotopic (exact) mass is 287 g/mol. The number of carbonyl (C=O) groups is 1. The highest BCUT2D eigenvalue weighted by Gasteiger charge is 2.35. The van der Waals surface area contributed by atoms with Crippen LogP contribution in [0.4, 0.5) is 18.9 Å². The Morgan fingerprint density at radius 1 is 1.45 bits per heavy atom. The van der Waals surface area contributed by atoms with Gasteiger partial charge in [-0.25, -0.2) is 4.98 Å². The number of pyridine rings is 1. The van der Waals surface area contributed by atoms with Gasteiger partial charge < -0.3 is 10.6 Å². The largest absolute Gasteiger partial charge is 0.433 e. The molecule has 2 rings (SSSR count). The number of halogens is 3. The molecule has 7 heteroatoms. The van der Waals surface area contributed by atoms with Crippen LogP contribution in [0.15, 0.2) is 18.3 Å². The average Bonchev–Trinajstić information content (AvgIpc) is 2.39. The lowest BCUT2D eigenvalue weighted by Crippen LogP contribution is -2.46. The fourth-order valence-electron chi connectivity index (χ4n) is 2.17. The van der Waals surface area contributed by atoms with Crippen molar-refractivity contribution < 1.29 is 18.0 Å². The van der Waals surface area contributed by atoms with Crippen molar-refractivity contribution in [3.63, 3.8) is 0 Å². The van der Waals surface area contributed by atoms with Gasteiger partial charge in [0.2, 0.25) is 5.91 Å². The minimum Gasteiger partial charge on any atom is -0.324 e. The average molecular weight is 287 g/mol. The molecule has 0 bridgehead atoms. The summed E-state index contributed by atoms with van der Waals surface area (Å²) < 4.78 is 37.1. The van der Waals surface area contributed by atoms with E-state index in [-0.39, 0.29) is 11.6 Å². The highest BCUT2D eigenvalue weighted by atomic mass is 19.4. The van der Waals surface area contributed by atoms with Crippen molar-refractivity contribution >= 4 is 11.6 Å². The minimum atomic E-state index is -4.47. The second-order valence-corrected chi connectivity index (χ2v) is 5.22. The Labute approximate surface area is 114 Å². The van der Waals surface area contributed by atoms with Gasteiger partial charge in [0.25, 0.3) is 0 Å². The summed E-state index contributed by atoms with van der Waals surface area (Å²) in [6.45, 7) is 3.28. The van der Waals surface area contributed by atoms with Crippen LogP contribution in [-0.4, -0.2) is 24.0 Å². The van der Waals surface area contributed by atoms with E-state index in [0.717, 1.165) is 31.6 Å². The van der Waals surface area contributed by atoms with Crippen molar-refractivity contribution in [3.05, 3.63) is 24.0 Å². The number of nitrogens with one attached hydrogen (secondary N) is 2. The molecule has 1 aliphatic rings. The minimum absolute atomic E-state index is 0.203. The molecule has 1 aliphatic heterocycles. The molecule has 1 amide bonds. The Hall–Kier alpha value is -1.63. The van der Waals surface area contributed by atoms with Gasteiger partial charge in [-0.15, -0.1) is 0 Å². The Bertz CT molecular complexity index is 479. The molecule has 4 nitrogen and oxygen atoms in total. The lowest BCUT2D eigenvalue weighted by molar-refractivity contribution is -0.141. The van der Waals surface area contributed by atoms with Crippen LogP contribution in [0.5, 0.6) is 0 Å². The third-order valence-corrected chi connectivity index (χ3v) is 3.46. The molecule has 1 atom stereocenters. The van der Waals surface area contributed by atoms with Crippen molar-refractivity contribution in [2.75, 3.05) is 18.4 Å². The maximum absolute atomic E-state index is 12.4. The fraction of sp³-hybridized carbons (Fsp3) is 0.538. The molecular formula is C13H16F3N3O. The van der Waals surface area contributed by atoms with Gasteiger partial charge in [-0.1, -0.05) is 0 Å². The predicted molar refractivity (Wildman–Crippen MR) is 68.1 cm³/mol. The lowest BCUT2D eigenvalue weighted by Gasteiger charge is -2.32. The molecule has 20 heavy (non-hydrogen) atoms. The standard InChI is InChI=1S/C13H16F3N3O/c1-12(5-2-6-17-8-12)11(20)19-9-3-4-10(18-7-9)13(14,15)16/h3-4,7,17H,2,5-6,8H2,1H3,(H,19,20). The number of alkyl halides is 3. The molecule has 2 N–H and O–H groups in total. The molecule has 1 unspecified atom stereocenters. The van der Waals surface area contributed by atoms with E-state index >= 15 is 0 Å². The third-order valence-electron chi connectivity index (χ3n) is 3.46. The quantitative estimate of drug-likeness (QED) is 0.878. The van der Waals surface area contributed by atoms with Crippen LogP contribution in [0.1, 0.15) is 25.5 Å². The highest BCUT2D eigenvalue weighted by molar-refractivity contribution is 5.95. The summed E-state index contributed by atoms with van der Waals surface area (Å²) in [4.78, 5) is 15.5. The number of carbonyl (C=O) groups excluding carboxylic acids is 1. The summed E-state index contributed by atoms with van der Waals surface area (Å²) in [6, 6.07) is 2.07. The SMILES string of the molecule is CC1(C(=O)Nc2ccc(C(F)(F)F)nc2)CCCNC1. The summed E-state index contributed by atoms with van der Waals surface area (Å²) in [5.41, 5.74) is -1.24. The Morgan fingerprint density at radius 2 is 2.20 bits per heavy atom. The topological polar surface area (TPSA) is 54.0 Å². The summed E-state index contributed by atoms with van der Waals surface area (Å²) >= 11 is 0. The first kappa shape index (κ1) is 14.8. The Morgan fingerprint density at radius 3 is 2.70 bits per heavy atom. The van der Waals surface area contributed by atoms with Gasteiger partial charge in [-0.2, -0.15) is 13.2 Å². The molecule has 1 aromatic heterocycles. The maximum atomic E-state index is 12.4. The van der Waals surface area contributed by atoms with Crippen molar-refractivity contribution in [1.29, 1.82) is 0 Å². The molecule has 0 aliphatic carbocycles. The predicted octanol–water partition coefficient (Wildman–Crippen LogP) is 2.43. The Balaban J connectivity index is 2.04. The fourth-order valence-corrected chi connectivity index (χ4v) is 2.17. The molecule has 2 heterocycles. The molecular weight excluding hydrogens is 271 g/mol. The van der Waals surface area contributed by atoms with Crippen LogP contribution in [0.25, 0.3) is 0 Å². The Kier molecular flexibility index (Phi) is 3.99. The first-order valence-electron chi connectivity index (χ1n) is 6.37. The smallest absolute Gasteiger partial charge is 0.324 e. The van der Waals surface area contributed by atoms with Gasteiger partial charge >= 0.3 is 6.18 Å². The first-order chi connectivity index (χ1) is 9.31. The highest BCUT2D eigenvalue weighted by Crippen LogP contribution is 2.29. The van der Waals surface area contributed by atoms with Gasteiger partial charge in [0.1, 0.15) is 5.69 Å². The van der Waals surface area contributed by atoms with Gasteiger partial charge in [0.15, 0.2) is 0 Å². The van der Waals surface area contributed by atoms with Crippen LogP contribution in [-0.2, 0) is 11.0 Å². The zero-order valence-corrected chi connectivity index (χ0v) is 11.0. The van der Waals surface area contributed by atoms with Crippen LogP contribution in [0.3, 0.4) is 0 Å². The van der Waals surface area contributed by atoms with E-state index in [2.05, 4.69) is 15.6 Å². The van der Waals surface area contributed by atoms with Crippen LogP contribution in [0, 0.1) is 5.41 Å². The van der Waals surface area contributed by atoms with Crippen LogP contribution >= 0.6 is 0 Å². The number of hydrogen-bond acceptors (Lipinski definition) is 3. The molecule has 1 saturated heterocycles. The molecule has 0 radical (unpaired) electrons. The lowest BCUT2D eigenvalue weighted by atomic mass is 9.82. The summed E-state index contributed by atoms with van der Waals surface area (Å²) in [7, 11) is 0. The van der Waals surface area contributed by atoms with Gasteiger partial charge in [-0.05, 0) is 38.4 Å². The number of hydrogen-bond donors (Lipinski definition) is 2. The zero-order valence-electron chi connectivity index (χ0n) is 11.0. The summed E-state index contributed by atoms with van der Waals surface area (Å²) in [5, 5.41) is 5.77. The first-order valence-corrected chi connectivity index (χ1v) is 6.37. The number of aromatic nitrogens is 1. The normalized spacial score (nSPS) is 23.4. The van der Waals surface area contributed by atoms with E-state index in [1.807, 2.05) is 6.92 Å². The number of nitrogens with zero attached hydrogens (tertiary/aromatic N) is 1. The second kappa shape index (κ2) is 5.40. The van der Waals surface area contributed by atoms with Crippen molar-refractivity contribution in [2.45, 2.75) is 25.9 Å². The molecule has 0 saturated carbocycles. The van der Waals surface area contributed by atoms with Crippen molar-refractivity contribution in [2.24, 2.45) is 5.41 Å². The molecule has 1 aromatic rings. The van der Waals surface area contributed by atoms with E-state index in [9.17, 15) is 18.0 Å². The number of piperidine rings is 1. The van der Waals surface area contributed by atoms with E-state index in [1.54, 1.807) is 0 Å². The molecule has 0 aromatic carbocycles. The van der Waals surface area contributed by atoms with E-state index < -0.39 is 17.3 Å². The van der Waals surface area contributed by atoms with Gasteiger partial charge in [0, 0.05) is 6.54 Å². The maximum Gasteiger partial charge on any atom is 0.433 e. The second-order valence-electron chi connectivity index (χ2n) is 5.22. The number of amides is 1. The van der Waals surface area contributed by atoms with Crippen LogP contribution < -0.4 is 10.6 Å². The van der Waals surface area contributed by atoms with E-state index in [0.29, 0.717) is 6.54 Å². The summed E-state index contributed by atoms with van der Waals surface area (Å²) in [5.74, 6) is -0.203. The third kappa shape index (κ3) is 3.27.